The Balaban J connectivity index is 1.76. The summed E-state index contributed by atoms with van der Waals surface area (Å²) in [5.41, 5.74) is 3.49. The second kappa shape index (κ2) is 5.53. The lowest BCUT2D eigenvalue weighted by Crippen LogP contribution is -2.31. The summed E-state index contributed by atoms with van der Waals surface area (Å²) in [5, 5.41) is 9.44. The summed E-state index contributed by atoms with van der Waals surface area (Å²) < 4.78 is 1.54. The van der Waals surface area contributed by atoms with Crippen LogP contribution in [0.15, 0.2) is 29.1 Å². The summed E-state index contributed by atoms with van der Waals surface area (Å²) in [5.74, 6) is -0.353. The highest BCUT2D eigenvalue weighted by Gasteiger charge is 2.62. The van der Waals surface area contributed by atoms with Crippen molar-refractivity contribution in [2.75, 3.05) is 0 Å². The molecule has 1 saturated carbocycles. The molecule has 5 nitrogen and oxygen atoms in total. The fraction of sp³-hybridized carbons (Fsp3) is 0.286. The third kappa shape index (κ3) is 2.35. The molecule has 1 aliphatic heterocycles. The van der Waals surface area contributed by atoms with E-state index in [1.807, 2.05) is 26.0 Å². The van der Waals surface area contributed by atoms with E-state index >= 15 is 0 Å². The van der Waals surface area contributed by atoms with E-state index in [0.29, 0.717) is 23.5 Å². The van der Waals surface area contributed by atoms with Crippen molar-refractivity contribution >= 4 is 24.2 Å². The van der Waals surface area contributed by atoms with Crippen LogP contribution in [0.2, 0.25) is 0 Å². The molecule has 1 fully saturated rings. The van der Waals surface area contributed by atoms with Crippen molar-refractivity contribution in [2.45, 2.75) is 33.2 Å². The lowest BCUT2D eigenvalue weighted by Gasteiger charge is -2.18. The van der Waals surface area contributed by atoms with Crippen molar-refractivity contribution in [1.82, 2.24) is 9.55 Å². The minimum Gasteiger partial charge on any atom is -0.481 e. The van der Waals surface area contributed by atoms with Crippen LogP contribution in [0.1, 0.15) is 46.2 Å². The number of hydrogen-bond donors (Lipinski definition) is 1. The summed E-state index contributed by atoms with van der Waals surface area (Å²) in [7, 11) is 0. The second-order valence-electron chi connectivity index (χ2n) is 7.25. The predicted molar refractivity (Wildman–Crippen MR) is 101 cm³/mol. The molecule has 0 amide bonds. The smallest absolute Gasteiger partial charge is 0.315 e. The first kappa shape index (κ1) is 16.5. The van der Waals surface area contributed by atoms with Crippen molar-refractivity contribution in [2.24, 2.45) is 5.41 Å². The van der Waals surface area contributed by atoms with Crippen LogP contribution in [0.3, 0.4) is 0 Å². The monoisotopic (exact) mass is 348 g/mol. The Labute approximate surface area is 151 Å². The van der Waals surface area contributed by atoms with Crippen LogP contribution in [0.5, 0.6) is 0 Å². The molecule has 2 aromatic rings. The van der Waals surface area contributed by atoms with Gasteiger partial charge in [0.25, 0.3) is 5.56 Å². The Kier molecular flexibility index (Phi) is 3.51. The summed E-state index contributed by atoms with van der Waals surface area (Å²) >= 11 is 0. The second-order valence-corrected chi connectivity index (χ2v) is 7.25. The fourth-order valence-electron chi connectivity index (χ4n) is 3.63. The van der Waals surface area contributed by atoms with Gasteiger partial charge in [-0.15, -0.1) is 0 Å². The van der Waals surface area contributed by atoms with Gasteiger partial charge in [-0.1, -0.05) is 35.9 Å². The predicted octanol–water partition coefficient (Wildman–Crippen LogP) is 3.38. The quantitative estimate of drug-likeness (QED) is 0.923. The van der Waals surface area contributed by atoms with Gasteiger partial charge in [-0.2, -0.15) is 0 Å². The fourth-order valence-corrected chi connectivity index (χ4v) is 3.63. The lowest BCUT2D eigenvalue weighted by atomic mass is 10.0. The topological polar surface area (TPSA) is 72.2 Å². The van der Waals surface area contributed by atoms with Gasteiger partial charge in [0.2, 0.25) is 0 Å². The first-order valence-electron chi connectivity index (χ1n) is 8.64. The van der Waals surface area contributed by atoms with Crippen LogP contribution in [-0.4, -0.2) is 20.6 Å². The molecule has 2 atom stereocenters. The Bertz CT molecular complexity index is 1060. The van der Waals surface area contributed by atoms with Gasteiger partial charge in [0.15, 0.2) is 0 Å². The van der Waals surface area contributed by atoms with Gasteiger partial charge in [-0.3, -0.25) is 14.2 Å². The third-order valence-corrected chi connectivity index (χ3v) is 5.47. The molecule has 132 valence electrons. The molecule has 0 bridgehead atoms. The zero-order chi connectivity index (χ0) is 18.6. The molecule has 1 N–H and O–H groups in total. The van der Waals surface area contributed by atoms with Crippen molar-refractivity contribution in [3.8, 4) is 0 Å². The normalized spacial score (nSPS) is 23.0. The van der Waals surface area contributed by atoms with Gasteiger partial charge in [0.1, 0.15) is 11.2 Å². The summed E-state index contributed by atoms with van der Waals surface area (Å²) in [6.45, 7) is 5.83. The van der Waals surface area contributed by atoms with E-state index in [0.717, 1.165) is 11.1 Å². The number of aliphatic carboxylic acids is 1. The number of aromatic nitrogens is 2. The van der Waals surface area contributed by atoms with Crippen LogP contribution in [0.25, 0.3) is 18.2 Å². The number of carboxylic acids is 1. The SMILES string of the molecule is Cc1ccc(C)c(/C=C/c2nc3n(c(=O)c2C)C2CC2(C(=O)O)C=C3)c1. The first-order valence-corrected chi connectivity index (χ1v) is 8.64. The molecular formula is C21H20N2O3. The number of fused-ring (bicyclic) bond motifs is 3. The number of nitrogens with zero attached hydrogens (tertiary/aromatic N) is 2. The molecule has 0 radical (unpaired) electrons. The molecular weight excluding hydrogens is 328 g/mol. The van der Waals surface area contributed by atoms with E-state index < -0.39 is 11.4 Å². The number of rotatable bonds is 3. The highest BCUT2D eigenvalue weighted by Crippen LogP contribution is 2.59. The molecule has 2 heterocycles. The number of aryl methyl sites for hydroxylation is 2. The highest BCUT2D eigenvalue weighted by atomic mass is 16.4. The molecule has 26 heavy (non-hydrogen) atoms. The van der Waals surface area contributed by atoms with Gasteiger partial charge in [-0.25, -0.2) is 4.98 Å². The Morgan fingerprint density at radius 1 is 1.31 bits per heavy atom. The molecule has 4 rings (SSSR count). The van der Waals surface area contributed by atoms with Crippen molar-refractivity contribution in [3.05, 3.63) is 68.4 Å². The van der Waals surface area contributed by atoms with Crippen molar-refractivity contribution in [3.63, 3.8) is 0 Å². The highest BCUT2D eigenvalue weighted by molar-refractivity contribution is 5.84. The number of benzene rings is 1. The molecule has 1 aliphatic carbocycles. The van der Waals surface area contributed by atoms with E-state index in [9.17, 15) is 14.7 Å². The molecule has 1 aromatic heterocycles. The minimum atomic E-state index is -0.930. The maximum atomic E-state index is 12.8. The van der Waals surface area contributed by atoms with Gasteiger partial charge in [0.05, 0.1) is 11.7 Å². The third-order valence-electron chi connectivity index (χ3n) is 5.47. The van der Waals surface area contributed by atoms with E-state index in [1.165, 1.54) is 5.56 Å². The van der Waals surface area contributed by atoms with E-state index in [2.05, 4.69) is 23.2 Å². The summed E-state index contributed by atoms with van der Waals surface area (Å²) in [6, 6.07) is 5.91. The molecule has 0 spiro atoms. The van der Waals surface area contributed by atoms with Crippen LogP contribution >= 0.6 is 0 Å². The first-order chi connectivity index (χ1) is 12.3. The molecule has 0 saturated heterocycles. The lowest BCUT2D eigenvalue weighted by molar-refractivity contribution is -0.141. The molecule has 2 unspecified atom stereocenters. The number of carbonyl (C=O) groups is 1. The molecule has 5 heteroatoms. The van der Waals surface area contributed by atoms with E-state index in [-0.39, 0.29) is 11.6 Å². The van der Waals surface area contributed by atoms with Crippen LogP contribution < -0.4 is 5.56 Å². The molecule has 2 aliphatic rings. The van der Waals surface area contributed by atoms with Gasteiger partial charge in [0, 0.05) is 5.56 Å². The Hall–Kier alpha value is -2.95. The van der Waals surface area contributed by atoms with Crippen LogP contribution in [0.4, 0.5) is 0 Å². The van der Waals surface area contributed by atoms with Gasteiger partial charge < -0.3 is 5.11 Å². The Morgan fingerprint density at radius 2 is 2.08 bits per heavy atom. The maximum Gasteiger partial charge on any atom is 0.315 e. The van der Waals surface area contributed by atoms with Crippen molar-refractivity contribution < 1.29 is 9.90 Å². The van der Waals surface area contributed by atoms with Crippen LogP contribution in [-0.2, 0) is 4.79 Å². The average molecular weight is 348 g/mol. The van der Waals surface area contributed by atoms with E-state index in [4.69, 9.17) is 0 Å². The standard InChI is InChI=1S/C21H20N2O3/c1-12-4-5-13(2)15(10-12)6-7-16-14(3)19(24)23-17-11-21(17,20(25)26)9-8-18(23)22-16/h4-10,17H,11H2,1-3H3,(H,25,26)/b7-6+. The average Bonchev–Trinajstić information content (AvgIpc) is 3.35. The summed E-state index contributed by atoms with van der Waals surface area (Å²) in [4.78, 5) is 28.9. The maximum absolute atomic E-state index is 12.8. The van der Waals surface area contributed by atoms with Crippen LogP contribution in [0, 0.1) is 26.2 Å². The van der Waals surface area contributed by atoms with Crippen molar-refractivity contribution in [1.29, 1.82) is 0 Å². The summed E-state index contributed by atoms with van der Waals surface area (Å²) in [6.07, 6.45) is 7.62. The zero-order valence-corrected chi connectivity index (χ0v) is 15.0. The Morgan fingerprint density at radius 3 is 2.81 bits per heavy atom. The number of carboxylic acid groups (broad SMARTS) is 1. The van der Waals surface area contributed by atoms with Gasteiger partial charge in [-0.05, 0) is 50.5 Å². The minimum absolute atomic E-state index is 0.159. The number of hydrogen-bond acceptors (Lipinski definition) is 3. The van der Waals surface area contributed by atoms with E-state index in [1.54, 1.807) is 23.6 Å². The molecule has 1 aromatic carbocycles. The zero-order valence-electron chi connectivity index (χ0n) is 15.0. The van der Waals surface area contributed by atoms with Gasteiger partial charge >= 0.3 is 5.97 Å². The largest absolute Gasteiger partial charge is 0.481 e.